The monoisotopic (exact) mass is 306 g/mol. The second-order valence-corrected chi connectivity index (χ2v) is 5.85. The number of carbonyl (C=O) groups is 1. The van der Waals surface area contributed by atoms with Crippen LogP contribution in [-0.4, -0.2) is 35.5 Å². The van der Waals surface area contributed by atoms with Crippen LogP contribution in [0.25, 0.3) is 0 Å². The van der Waals surface area contributed by atoms with Gasteiger partial charge < -0.3 is 15.4 Å². The first-order chi connectivity index (χ1) is 10.1. The topological polar surface area (TPSA) is 55.6 Å². The van der Waals surface area contributed by atoms with Gasteiger partial charge in [-0.05, 0) is 49.9 Å². The van der Waals surface area contributed by atoms with Gasteiger partial charge in [-0.2, -0.15) is 0 Å². The van der Waals surface area contributed by atoms with E-state index in [0.717, 1.165) is 18.7 Å². The van der Waals surface area contributed by atoms with Crippen molar-refractivity contribution in [3.05, 3.63) is 29.8 Å². The predicted molar refractivity (Wildman–Crippen MR) is 87.4 cm³/mol. The van der Waals surface area contributed by atoms with E-state index in [-0.39, 0.29) is 12.5 Å². The Morgan fingerprint density at radius 3 is 2.52 bits per heavy atom. The van der Waals surface area contributed by atoms with E-state index in [0.29, 0.717) is 16.7 Å². The van der Waals surface area contributed by atoms with Gasteiger partial charge in [-0.1, -0.05) is 18.6 Å². The zero-order valence-electron chi connectivity index (χ0n) is 12.4. The SMILES string of the molecule is CCN(CC1CCC1)C(=O)COc1ccc(C(N)=S)cc1. The molecule has 0 saturated heterocycles. The number of likely N-dealkylation sites (N-methyl/N-ethyl adjacent to an activating group) is 1. The lowest BCUT2D eigenvalue weighted by atomic mass is 9.85. The number of nitrogens with two attached hydrogens (primary N) is 1. The summed E-state index contributed by atoms with van der Waals surface area (Å²) in [6, 6.07) is 7.16. The quantitative estimate of drug-likeness (QED) is 0.786. The Morgan fingerprint density at radius 1 is 1.38 bits per heavy atom. The number of nitrogens with zero attached hydrogens (tertiary/aromatic N) is 1. The van der Waals surface area contributed by atoms with Gasteiger partial charge in [0.2, 0.25) is 0 Å². The smallest absolute Gasteiger partial charge is 0.260 e. The maximum Gasteiger partial charge on any atom is 0.260 e. The molecule has 1 amide bonds. The maximum absolute atomic E-state index is 12.2. The Balaban J connectivity index is 1.82. The number of benzene rings is 1. The van der Waals surface area contributed by atoms with Crippen LogP contribution in [0.15, 0.2) is 24.3 Å². The van der Waals surface area contributed by atoms with Crippen molar-refractivity contribution in [1.82, 2.24) is 4.90 Å². The number of ether oxygens (including phenoxy) is 1. The maximum atomic E-state index is 12.2. The minimum atomic E-state index is 0.0443. The highest BCUT2D eigenvalue weighted by Gasteiger charge is 2.22. The highest BCUT2D eigenvalue weighted by Crippen LogP contribution is 2.27. The molecule has 0 aromatic heterocycles. The van der Waals surface area contributed by atoms with Crippen molar-refractivity contribution in [3.8, 4) is 5.75 Å². The molecule has 0 bridgehead atoms. The Bertz CT molecular complexity index is 498. The second-order valence-electron chi connectivity index (χ2n) is 5.41. The molecular formula is C16H22N2O2S. The van der Waals surface area contributed by atoms with Crippen LogP contribution < -0.4 is 10.5 Å². The number of carbonyl (C=O) groups excluding carboxylic acids is 1. The molecule has 0 radical (unpaired) electrons. The molecule has 0 unspecified atom stereocenters. The summed E-state index contributed by atoms with van der Waals surface area (Å²) >= 11 is 4.89. The molecule has 5 heteroatoms. The van der Waals surface area contributed by atoms with E-state index in [9.17, 15) is 4.79 Å². The highest BCUT2D eigenvalue weighted by atomic mass is 32.1. The standard InChI is InChI=1S/C16H22N2O2S/c1-2-18(10-12-4-3-5-12)15(19)11-20-14-8-6-13(7-9-14)16(17)21/h6-9,12H,2-5,10-11H2,1H3,(H2,17,21). The van der Waals surface area contributed by atoms with Crippen molar-refractivity contribution in [3.63, 3.8) is 0 Å². The third-order valence-electron chi connectivity index (χ3n) is 3.94. The van der Waals surface area contributed by atoms with Crippen molar-refractivity contribution in [2.24, 2.45) is 11.7 Å². The van der Waals surface area contributed by atoms with E-state index in [1.54, 1.807) is 24.3 Å². The molecule has 4 nitrogen and oxygen atoms in total. The second kappa shape index (κ2) is 7.41. The van der Waals surface area contributed by atoms with E-state index in [4.69, 9.17) is 22.7 Å². The summed E-state index contributed by atoms with van der Waals surface area (Å²) in [5.74, 6) is 1.38. The van der Waals surface area contributed by atoms with E-state index < -0.39 is 0 Å². The van der Waals surface area contributed by atoms with Gasteiger partial charge in [-0.25, -0.2) is 0 Å². The fourth-order valence-corrected chi connectivity index (χ4v) is 2.48. The fraction of sp³-hybridized carbons (Fsp3) is 0.500. The summed E-state index contributed by atoms with van der Waals surface area (Å²) in [7, 11) is 0. The van der Waals surface area contributed by atoms with Gasteiger partial charge in [0.05, 0.1) is 0 Å². The van der Waals surface area contributed by atoms with Gasteiger partial charge >= 0.3 is 0 Å². The van der Waals surface area contributed by atoms with Crippen LogP contribution >= 0.6 is 12.2 Å². The highest BCUT2D eigenvalue weighted by molar-refractivity contribution is 7.80. The lowest BCUT2D eigenvalue weighted by molar-refractivity contribution is -0.134. The lowest BCUT2D eigenvalue weighted by Gasteiger charge is -2.31. The van der Waals surface area contributed by atoms with Crippen LogP contribution in [0.1, 0.15) is 31.7 Å². The molecule has 0 atom stereocenters. The molecular weight excluding hydrogens is 284 g/mol. The largest absolute Gasteiger partial charge is 0.484 e. The van der Waals surface area contributed by atoms with Crippen LogP contribution in [0.3, 0.4) is 0 Å². The zero-order chi connectivity index (χ0) is 15.2. The van der Waals surface area contributed by atoms with Crippen LogP contribution in [0.5, 0.6) is 5.75 Å². The zero-order valence-corrected chi connectivity index (χ0v) is 13.2. The number of rotatable bonds is 7. The van der Waals surface area contributed by atoms with Crippen LogP contribution in [0, 0.1) is 5.92 Å². The first-order valence-electron chi connectivity index (χ1n) is 7.40. The summed E-state index contributed by atoms with van der Waals surface area (Å²) in [6.07, 6.45) is 3.78. The van der Waals surface area contributed by atoms with Crippen LogP contribution in [-0.2, 0) is 4.79 Å². The molecule has 0 spiro atoms. The predicted octanol–water partition coefficient (Wildman–Crippen LogP) is 2.35. The number of thiocarbonyl (C=S) groups is 1. The van der Waals surface area contributed by atoms with Gasteiger partial charge in [0, 0.05) is 18.7 Å². The van der Waals surface area contributed by atoms with Crippen molar-refractivity contribution < 1.29 is 9.53 Å². The summed E-state index contributed by atoms with van der Waals surface area (Å²) in [5.41, 5.74) is 6.33. The molecule has 2 rings (SSSR count). The van der Waals surface area contributed by atoms with Crippen molar-refractivity contribution in [2.45, 2.75) is 26.2 Å². The molecule has 1 fully saturated rings. The normalized spacial score (nSPS) is 14.3. The average molecular weight is 306 g/mol. The van der Waals surface area contributed by atoms with E-state index >= 15 is 0 Å². The molecule has 21 heavy (non-hydrogen) atoms. The molecule has 1 aromatic rings. The van der Waals surface area contributed by atoms with Gasteiger partial charge in [-0.3, -0.25) is 4.79 Å². The van der Waals surface area contributed by atoms with Gasteiger partial charge in [0.15, 0.2) is 6.61 Å². The van der Waals surface area contributed by atoms with E-state index in [1.807, 2.05) is 11.8 Å². The molecule has 1 aliphatic carbocycles. The summed E-state index contributed by atoms with van der Waals surface area (Å²) in [4.78, 5) is 14.4. The van der Waals surface area contributed by atoms with Crippen LogP contribution in [0.4, 0.5) is 0 Å². The Labute approximate surface area is 131 Å². The first kappa shape index (κ1) is 15.8. The third-order valence-corrected chi connectivity index (χ3v) is 4.17. The van der Waals surface area contributed by atoms with Gasteiger partial charge in [-0.15, -0.1) is 0 Å². The Hall–Kier alpha value is -1.62. The number of hydrogen-bond donors (Lipinski definition) is 1. The molecule has 0 aliphatic heterocycles. The first-order valence-corrected chi connectivity index (χ1v) is 7.81. The molecule has 1 saturated carbocycles. The summed E-state index contributed by atoms with van der Waals surface area (Å²) in [5, 5.41) is 0. The average Bonchev–Trinajstić information content (AvgIpc) is 2.44. The van der Waals surface area contributed by atoms with Gasteiger partial charge in [0.1, 0.15) is 10.7 Å². The van der Waals surface area contributed by atoms with E-state index in [1.165, 1.54) is 19.3 Å². The van der Waals surface area contributed by atoms with Crippen LogP contribution in [0.2, 0.25) is 0 Å². The number of hydrogen-bond acceptors (Lipinski definition) is 3. The van der Waals surface area contributed by atoms with Gasteiger partial charge in [0.25, 0.3) is 5.91 Å². The fourth-order valence-electron chi connectivity index (χ4n) is 2.35. The third kappa shape index (κ3) is 4.43. The molecule has 0 heterocycles. The number of amides is 1. The Morgan fingerprint density at radius 2 is 2.05 bits per heavy atom. The molecule has 2 N–H and O–H groups in total. The molecule has 1 aromatic carbocycles. The van der Waals surface area contributed by atoms with Crippen molar-refractivity contribution >= 4 is 23.1 Å². The van der Waals surface area contributed by atoms with Crippen molar-refractivity contribution in [1.29, 1.82) is 0 Å². The summed E-state index contributed by atoms with van der Waals surface area (Å²) in [6.45, 7) is 3.68. The minimum absolute atomic E-state index is 0.0443. The lowest BCUT2D eigenvalue weighted by Crippen LogP contribution is -2.39. The summed E-state index contributed by atoms with van der Waals surface area (Å²) < 4.78 is 5.54. The van der Waals surface area contributed by atoms with E-state index in [2.05, 4.69) is 0 Å². The van der Waals surface area contributed by atoms with Crippen molar-refractivity contribution in [2.75, 3.05) is 19.7 Å². The Kier molecular flexibility index (Phi) is 5.56. The minimum Gasteiger partial charge on any atom is -0.484 e. The molecule has 1 aliphatic rings. The molecule has 114 valence electrons.